The predicted octanol–water partition coefficient (Wildman–Crippen LogP) is 2.16. The molecular weight excluding hydrogens is 301 g/mol. The van der Waals surface area contributed by atoms with Gasteiger partial charge in [0.25, 0.3) is 0 Å². The van der Waals surface area contributed by atoms with Gasteiger partial charge in [-0.15, -0.1) is 0 Å². The first-order valence-corrected chi connectivity index (χ1v) is 7.01. The maximum Gasteiger partial charge on any atom is 0.305 e. The Morgan fingerprint density at radius 2 is 2.29 bits per heavy atom. The number of esters is 1. The van der Waals surface area contributed by atoms with Gasteiger partial charge in [-0.3, -0.25) is 4.79 Å². The summed E-state index contributed by atoms with van der Waals surface area (Å²) < 4.78 is 18.1. The number of aliphatic hydroxyl groups is 1. The third-order valence-electron chi connectivity index (χ3n) is 2.99. The Balaban J connectivity index is 2.54. The minimum Gasteiger partial charge on any atom is -0.469 e. The molecule has 8 heteroatoms. The zero-order valence-electron chi connectivity index (χ0n) is 12.0. The van der Waals surface area contributed by atoms with E-state index in [1.165, 1.54) is 7.11 Å². The van der Waals surface area contributed by atoms with Gasteiger partial charge in [-0.2, -0.15) is 4.98 Å². The van der Waals surface area contributed by atoms with Gasteiger partial charge in [0.15, 0.2) is 11.6 Å². The topological polar surface area (TPSA) is 84.3 Å². The number of ether oxygens (including phenoxy) is 1. The summed E-state index contributed by atoms with van der Waals surface area (Å²) in [6, 6.07) is -0.400. The number of unbranched alkanes of at least 4 members (excludes halogenated alkanes) is 1. The van der Waals surface area contributed by atoms with Crippen molar-refractivity contribution in [1.82, 2.24) is 9.97 Å². The van der Waals surface area contributed by atoms with E-state index in [9.17, 15) is 14.3 Å². The van der Waals surface area contributed by atoms with E-state index in [0.717, 1.165) is 6.20 Å². The zero-order valence-corrected chi connectivity index (χ0v) is 12.7. The molecule has 0 saturated heterocycles. The number of anilines is 1. The van der Waals surface area contributed by atoms with Crippen LogP contribution in [0.15, 0.2) is 6.20 Å². The van der Waals surface area contributed by atoms with Gasteiger partial charge in [0.05, 0.1) is 25.5 Å². The summed E-state index contributed by atoms with van der Waals surface area (Å²) in [5.74, 6) is -0.960. The molecule has 0 aliphatic heterocycles. The lowest BCUT2D eigenvalue weighted by molar-refractivity contribution is -0.140. The number of hydrogen-bond donors (Lipinski definition) is 2. The molecule has 2 atom stereocenters. The van der Waals surface area contributed by atoms with Crippen LogP contribution in [0.4, 0.5) is 10.2 Å². The van der Waals surface area contributed by atoms with E-state index >= 15 is 0 Å². The first-order chi connectivity index (χ1) is 9.93. The minimum atomic E-state index is -0.712. The lowest BCUT2D eigenvalue weighted by Crippen LogP contribution is -2.32. The second-order valence-corrected chi connectivity index (χ2v) is 4.99. The van der Waals surface area contributed by atoms with Crippen LogP contribution in [0.3, 0.4) is 0 Å². The van der Waals surface area contributed by atoms with Crippen LogP contribution in [0.1, 0.15) is 32.6 Å². The number of carbonyl (C=O) groups excluding carboxylic acids is 1. The number of hydrogen-bond acceptors (Lipinski definition) is 6. The number of halogens is 2. The number of nitrogens with one attached hydrogen (secondary N) is 1. The van der Waals surface area contributed by atoms with Crippen LogP contribution in [0.2, 0.25) is 5.28 Å². The molecular formula is C13H19ClFN3O3. The fraction of sp³-hybridized carbons (Fsp3) is 0.615. The van der Waals surface area contributed by atoms with Crippen molar-refractivity contribution < 1.29 is 19.0 Å². The standard InChI is InChI=1S/C13H19ClFN3O3/c1-8(19)10(5-3-4-6-11(20)21-2)17-12-9(15)7-16-13(14)18-12/h7-8,10,19H,3-6H2,1-2H3,(H,16,17,18)/t8-,10-/m0/s1. The molecule has 0 aliphatic carbocycles. The van der Waals surface area contributed by atoms with Gasteiger partial charge < -0.3 is 15.2 Å². The van der Waals surface area contributed by atoms with Crippen molar-refractivity contribution in [3.05, 3.63) is 17.3 Å². The van der Waals surface area contributed by atoms with Gasteiger partial charge in [0.2, 0.25) is 5.28 Å². The Hall–Kier alpha value is -1.47. The van der Waals surface area contributed by atoms with Gasteiger partial charge >= 0.3 is 5.97 Å². The zero-order chi connectivity index (χ0) is 15.8. The van der Waals surface area contributed by atoms with Crippen molar-refractivity contribution in [2.45, 2.75) is 44.8 Å². The normalized spacial score (nSPS) is 13.6. The molecule has 1 heterocycles. The van der Waals surface area contributed by atoms with Gasteiger partial charge in [-0.05, 0) is 31.4 Å². The molecule has 21 heavy (non-hydrogen) atoms. The lowest BCUT2D eigenvalue weighted by atomic mass is 10.0. The van der Waals surface area contributed by atoms with Crippen LogP contribution in [0.5, 0.6) is 0 Å². The molecule has 2 N–H and O–H groups in total. The number of rotatable bonds is 8. The number of aromatic nitrogens is 2. The predicted molar refractivity (Wildman–Crippen MR) is 76.6 cm³/mol. The van der Waals surface area contributed by atoms with Crippen molar-refractivity contribution in [1.29, 1.82) is 0 Å². The molecule has 0 spiro atoms. The van der Waals surface area contributed by atoms with E-state index < -0.39 is 18.0 Å². The number of methoxy groups -OCH3 is 1. The monoisotopic (exact) mass is 319 g/mol. The third kappa shape index (κ3) is 6.22. The van der Waals surface area contributed by atoms with Crippen molar-refractivity contribution >= 4 is 23.4 Å². The highest BCUT2D eigenvalue weighted by molar-refractivity contribution is 6.28. The molecule has 0 aromatic carbocycles. The molecule has 0 radical (unpaired) electrons. The quantitative estimate of drug-likeness (QED) is 0.434. The van der Waals surface area contributed by atoms with E-state index in [-0.39, 0.29) is 17.1 Å². The van der Waals surface area contributed by atoms with Crippen LogP contribution in [0, 0.1) is 5.82 Å². The van der Waals surface area contributed by atoms with E-state index in [4.69, 9.17) is 11.6 Å². The Kier molecular flexibility index (Phi) is 7.31. The maximum atomic E-state index is 13.5. The summed E-state index contributed by atoms with van der Waals surface area (Å²) in [6.07, 6.45) is 2.43. The Labute approximate surface area is 127 Å². The molecule has 0 amide bonds. The third-order valence-corrected chi connectivity index (χ3v) is 3.17. The number of carbonyl (C=O) groups is 1. The summed E-state index contributed by atoms with van der Waals surface area (Å²) in [7, 11) is 1.34. The van der Waals surface area contributed by atoms with E-state index in [1.807, 2.05) is 0 Å². The van der Waals surface area contributed by atoms with E-state index in [0.29, 0.717) is 25.7 Å². The van der Waals surface area contributed by atoms with Crippen LogP contribution < -0.4 is 5.32 Å². The van der Waals surface area contributed by atoms with Crippen molar-refractivity contribution in [2.75, 3.05) is 12.4 Å². The Morgan fingerprint density at radius 1 is 1.57 bits per heavy atom. The van der Waals surface area contributed by atoms with Crippen LogP contribution >= 0.6 is 11.6 Å². The van der Waals surface area contributed by atoms with Gasteiger partial charge in [-0.25, -0.2) is 9.37 Å². The Morgan fingerprint density at radius 3 is 2.90 bits per heavy atom. The fourth-order valence-corrected chi connectivity index (χ4v) is 1.93. The van der Waals surface area contributed by atoms with Crippen molar-refractivity contribution in [3.8, 4) is 0 Å². The van der Waals surface area contributed by atoms with Crippen LogP contribution in [0.25, 0.3) is 0 Å². The second kappa shape index (κ2) is 8.74. The summed E-state index contributed by atoms with van der Waals surface area (Å²) in [4.78, 5) is 18.3. The van der Waals surface area contributed by atoms with Gasteiger partial charge in [0.1, 0.15) is 0 Å². The second-order valence-electron chi connectivity index (χ2n) is 4.65. The largest absolute Gasteiger partial charge is 0.469 e. The highest BCUT2D eigenvalue weighted by Gasteiger charge is 2.18. The molecule has 0 aliphatic rings. The number of aliphatic hydroxyl groups excluding tert-OH is 1. The average Bonchev–Trinajstić information content (AvgIpc) is 2.45. The lowest BCUT2D eigenvalue weighted by Gasteiger charge is -2.22. The Bertz CT molecular complexity index is 474. The number of nitrogens with zero attached hydrogens (tertiary/aromatic N) is 2. The molecule has 1 aromatic heterocycles. The summed E-state index contributed by atoms with van der Waals surface area (Å²) >= 11 is 5.61. The van der Waals surface area contributed by atoms with E-state index in [1.54, 1.807) is 6.92 Å². The smallest absolute Gasteiger partial charge is 0.305 e. The molecule has 0 unspecified atom stereocenters. The summed E-state index contributed by atoms with van der Waals surface area (Å²) in [5, 5.41) is 12.5. The highest BCUT2D eigenvalue weighted by atomic mass is 35.5. The summed E-state index contributed by atoms with van der Waals surface area (Å²) in [6.45, 7) is 1.60. The molecule has 1 rings (SSSR count). The molecule has 0 saturated carbocycles. The highest BCUT2D eigenvalue weighted by Crippen LogP contribution is 2.17. The molecule has 118 valence electrons. The maximum absolute atomic E-state index is 13.5. The van der Waals surface area contributed by atoms with Gasteiger partial charge in [0, 0.05) is 6.42 Å². The van der Waals surface area contributed by atoms with Crippen LogP contribution in [-0.2, 0) is 9.53 Å². The average molecular weight is 320 g/mol. The van der Waals surface area contributed by atoms with Crippen molar-refractivity contribution in [3.63, 3.8) is 0 Å². The molecule has 0 bridgehead atoms. The molecule has 6 nitrogen and oxygen atoms in total. The summed E-state index contributed by atoms with van der Waals surface area (Å²) in [5.41, 5.74) is 0. The first-order valence-electron chi connectivity index (χ1n) is 6.63. The SMILES string of the molecule is COC(=O)CCCC[C@H](Nc1nc(Cl)ncc1F)[C@H](C)O. The van der Waals surface area contributed by atoms with Crippen LogP contribution in [-0.4, -0.2) is 40.3 Å². The van der Waals surface area contributed by atoms with Gasteiger partial charge in [-0.1, -0.05) is 6.42 Å². The first kappa shape index (κ1) is 17.6. The molecule has 0 fully saturated rings. The minimum absolute atomic E-state index is 0.0473. The van der Waals surface area contributed by atoms with Crippen molar-refractivity contribution in [2.24, 2.45) is 0 Å². The molecule has 1 aromatic rings. The fourth-order valence-electron chi connectivity index (χ4n) is 1.79. The van der Waals surface area contributed by atoms with E-state index in [2.05, 4.69) is 20.0 Å².